The molecule has 3 heterocycles. The fourth-order valence-corrected chi connectivity index (χ4v) is 5.79. The predicted molar refractivity (Wildman–Crippen MR) is 89.4 cm³/mol. The van der Waals surface area contributed by atoms with Crippen molar-refractivity contribution < 1.29 is 0 Å². The summed E-state index contributed by atoms with van der Waals surface area (Å²) >= 11 is 0. The van der Waals surface area contributed by atoms with E-state index < -0.39 is 0 Å². The molecule has 5 heteroatoms. The van der Waals surface area contributed by atoms with Crippen LogP contribution in [-0.2, 0) is 0 Å². The largest absolute Gasteiger partial charge is 0.352 e. The first-order chi connectivity index (χ1) is 11.7. The van der Waals surface area contributed by atoms with Crippen LogP contribution in [0.3, 0.4) is 0 Å². The van der Waals surface area contributed by atoms with Gasteiger partial charge in [-0.3, -0.25) is 0 Å². The molecular weight excluding hydrogens is 302 g/mol. The maximum atomic E-state index is 13.1. The van der Waals surface area contributed by atoms with Crippen LogP contribution in [-0.4, -0.2) is 13.9 Å². The van der Waals surface area contributed by atoms with Gasteiger partial charge in [0.05, 0.1) is 17.8 Å². The summed E-state index contributed by atoms with van der Waals surface area (Å²) in [6.45, 7) is 0. The molecule has 1 aromatic heterocycles. The van der Waals surface area contributed by atoms with Gasteiger partial charge < -0.3 is 0 Å². The molecule has 1 aromatic carbocycles. The number of para-hydroxylation sites is 1. The van der Waals surface area contributed by atoms with Crippen LogP contribution in [0.5, 0.6) is 0 Å². The number of rotatable bonds is 1. The summed E-state index contributed by atoms with van der Waals surface area (Å²) < 4.78 is 4.75. The topological polar surface area (TPSA) is 48.9 Å². The van der Waals surface area contributed by atoms with E-state index in [0.717, 1.165) is 19.3 Å². The Labute approximate surface area is 138 Å². The van der Waals surface area contributed by atoms with Gasteiger partial charge in [0.15, 0.2) is 0 Å². The third-order valence-electron chi connectivity index (χ3n) is 6.80. The van der Waals surface area contributed by atoms with Gasteiger partial charge in [0, 0.05) is 10.8 Å². The van der Waals surface area contributed by atoms with E-state index in [1.165, 1.54) is 4.57 Å². The maximum Gasteiger partial charge on any atom is 0.352 e. The Bertz CT molecular complexity index is 993. The minimum atomic E-state index is -0.222. The van der Waals surface area contributed by atoms with E-state index in [1.54, 1.807) is 9.36 Å². The molecule has 2 bridgehead atoms. The molecule has 0 spiro atoms. The zero-order valence-corrected chi connectivity index (χ0v) is 13.1. The number of hydrogen-bond donors (Lipinski definition) is 0. The molecule has 0 saturated heterocycles. The normalized spacial score (nSPS) is 37.0. The van der Waals surface area contributed by atoms with E-state index in [2.05, 4.69) is 24.3 Å². The van der Waals surface area contributed by atoms with Crippen LogP contribution in [0, 0.1) is 10.8 Å². The van der Waals surface area contributed by atoms with Crippen molar-refractivity contribution in [1.29, 1.82) is 0 Å². The van der Waals surface area contributed by atoms with E-state index in [9.17, 15) is 9.59 Å². The van der Waals surface area contributed by atoms with E-state index in [0.29, 0.717) is 5.69 Å². The van der Waals surface area contributed by atoms with Gasteiger partial charge in [0.1, 0.15) is 0 Å². The lowest BCUT2D eigenvalue weighted by atomic mass is 9.48. The Kier molecular flexibility index (Phi) is 2.00. The molecule has 0 N–H and O–H groups in total. The molecule has 2 aromatic rings. The van der Waals surface area contributed by atoms with Crippen LogP contribution < -0.4 is 11.4 Å². The highest BCUT2D eigenvalue weighted by molar-refractivity contribution is 5.42. The Balaban J connectivity index is 1.69. The highest BCUT2D eigenvalue weighted by Gasteiger charge is 2.69. The molecule has 4 atom stereocenters. The molecule has 0 amide bonds. The van der Waals surface area contributed by atoms with E-state index >= 15 is 0 Å². The highest BCUT2D eigenvalue weighted by Crippen LogP contribution is 2.74. The van der Waals surface area contributed by atoms with E-state index in [4.69, 9.17) is 0 Å². The van der Waals surface area contributed by atoms with Crippen molar-refractivity contribution >= 4 is 0 Å². The SMILES string of the molecule is O=c1n(-c2ccccc2)c(=O)n2n1[C@H]1C=C[C@@H]2[C@@]23C=C[C@@]12CCC3. The van der Waals surface area contributed by atoms with Crippen molar-refractivity contribution in [3.63, 3.8) is 0 Å². The second kappa shape index (κ2) is 3.74. The Morgan fingerprint density at radius 3 is 1.88 bits per heavy atom. The second-order valence-corrected chi connectivity index (χ2v) is 7.47. The van der Waals surface area contributed by atoms with Gasteiger partial charge in [-0.2, -0.15) is 0 Å². The van der Waals surface area contributed by atoms with Gasteiger partial charge in [0.2, 0.25) is 0 Å². The number of benzene rings is 1. The van der Waals surface area contributed by atoms with Gasteiger partial charge in [-0.25, -0.2) is 23.5 Å². The molecule has 2 aliphatic heterocycles. The lowest BCUT2D eigenvalue weighted by molar-refractivity contribution is -0.0229. The molecule has 24 heavy (non-hydrogen) atoms. The number of hydrogen-bond acceptors (Lipinski definition) is 2. The zero-order valence-electron chi connectivity index (χ0n) is 13.1. The van der Waals surface area contributed by atoms with Crippen LogP contribution in [0.15, 0.2) is 64.2 Å². The monoisotopic (exact) mass is 319 g/mol. The van der Waals surface area contributed by atoms with Crippen LogP contribution in [0.2, 0.25) is 0 Å². The number of allylic oxidation sites excluding steroid dienone is 4. The summed E-state index contributed by atoms with van der Waals surface area (Å²) in [6, 6.07) is 9.14. The third kappa shape index (κ3) is 1.07. The second-order valence-electron chi connectivity index (χ2n) is 7.47. The molecule has 0 unspecified atom stereocenters. The van der Waals surface area contributed by atoms with Gasteiger partial charge in [-0.15, -0.1) is 0 Å². The van der Waals surface area contributed by atoms with E-state index in [1.807, 2.05) is 30.3 Å². The summed E-state index contributed by atoms with van der Waals surface area (Å²) in [4.78, 5) is 26.3. The predicted octanol–water partition coefficient (Wildman–Crippen LogP) is 2.19. The summed E-state index contributed by atoms with van der Waals surface area (Å²) in [6.07, 6.45) is 12.2. The Morgan fingerprint density at radius 2 is 1.38 bits per heavy atom. The fourth-order valence-electron chi connectivity index (χ4n) is 5.79. The molecule has 0 radical (unpaired) electrons. The van der Waals surface area contributed by atoms with E-state index in [-0.39, 0.29) is 34.3 Å². The minimum absolute atomic E-state index is 0.0333. The first-order valence-corrected chi connectivity index (χ1v) is 8.60. The molecule has 7 rings (SSSR count). The Hall–Kier alpha value is -2.56. The van der Waals surface area contributed by atoms with Gasteiger partial charge in [-0.05, 0) is 25.0 Å². The van der Waals surface area contributed by atoms with Crippen LogP contribution in [0.1, 0.15) is 31.3 Å². The summed E-state index contributed by atoms with van der Waals surface area (Å²) in [5.41, 5.74) is 0.264. The molecule has 5 aliphatic rings. The van der Waals surface area contributed by atoms with Crippen LogP contribution >= 0.6 is 0 Å². The average molecular weight is 319 g/mol. The summed E-state index contributed by atoms with van der Waals surface area (Å²) in [7, 11) is 0. The molecule has 3 aliphatic carbocycles. The van der Waals surface area contributed by atoms with Crippen molar-refractivity contribution in [2.45, 2.75) is 31.3 Å². The molecule has 120 valence electrons. The van der Waals surface area contributed by atoms with Crippen molar-refractivity contribution in [2.75, 3.05) is 0 Å². The quantitative estimate of drug-likeness (QED) is 0.757. The van der Waals surface area contributed by atoms with Gasteiger partial charge in [-0.1, -0.05) is 48.9 Å². The molecular formula is C19H17N3O2. The smallest absolute Gasteiger partial charge is 0.245 e. The summed E-state index contributed by atoms with van der Waals surface area (Å²) in [5.74, 6) is 0. The van der Waals surface area contributed by atoms with Crippen molar-refractivity contribution in [3.05, 3.63) is 75.6 Å². The van der Waals surface area contributed by atoms with Crippen molar-refractivity contribution in [2.24, 2.45) is 10.8 Å². The van der Waals surface area contributed by atoms with Crippen LogP contribution in [0.4, 0.5) is 0 Å². The zero-order chi connectivity index (χ0) is 16.1. The van der Waals surface area contributed by atoms with Crippen molar-refractivity contribution in [3.8, 4) is 5.69 Å². The van der Waals surface area contributed by atoms with Gasteiger partial charge >= 0.3 is 11.4 Å². The average Bonchev–Trinajstić information content (AvgIpc) is 3.05. The lowest BCUT2D eigenvalue weighted by Gasteiger charge is -2.62. The Morgan fingerprint density at radius 1 is 0.833 bits per heavy atom. The van der Waals surface area contributed by atoms with Crippen LogP contribution in [0.25, 0.3) is 5.69 Å². The van der Waals surface area contributed by atoms with Gasteiger partial charge in [0.25, 0.3) is 0 Å². The summed E-state index contributed by atoms with van der Waals surface area (Å²) in [5, 5.41) is 0. The maximum absolute atomic E-state index is 13.1. The highest BCUT2D eigenvalue weighted by atomic mass is 16.2. The molecule has 1 fully saturated rings. The molecule has 1 saturated carbocycles. The lowest BCUT2D eigenvalue weighted by Crippen LogP contribution is -2.61. The first-order valence-electron chi connectivity index (χ1n) is 8.60. The standard InChI is InChI=1S/C19H17N3O2/c23-16-20(13-5-2-1-3-6-13)17(24)22-15-8-7-14(21(16)22)18-9-4-10-19(15,18)12-11-18/h1-3,5-8,11-12,14-15H,4,9-10H2/t14-,15+,18-,19+. The molecule has 5 nitrogen and oxygen atoms in total. The minimum Gasteiger partial charge on any atom is -0.245 e. The third-order valence-corrected chi connectivity index (χ3v) is 6.80. The fraction of sp³-hybridized carbons (Fsp3) is 0.368. The first kappa shape index (κ1) is 12.8. The van der Waals surface area contributed by atoms with Crippen molar-refractivity contribution in [1.82, 2.24) is 13.9 Å². The number of aromatic nitrogens is 3. The number of nitrogens with zero attached hydrogens (tertiary/aromatic N) is 3.